The number of hydrogen-bond donors (Lipinski definition) is 1. The minimum atomic E-state index is -0.0901. The maximum atomic E-state index is 12.8. The van der Waals surface area contributed by atoms with Gasteiger partial charge in [0.2, 0.25) is 0 Å². The van der Waals surface area contributed by atoms with E-state index >= 15 is 0 Å². The fourth-order valence-electron chi connectivity index (χ4n) is 4.79. The fraction of sp³-hybridized carbons (Fsp3) is 0.152. The number of fused-ring (bicyclic) bond motifs is 2. The number of nitrogens with one attached hydrogen (secondary N) is 1. The third kappa shape index (κ3) is 6.55. The van der Waals surface area contributed by atoms with Crippen LogP contribution in [0.5, 0.6) is 0 Å². The zero-order chi connectivity index (χ0) is 29.6. The second kappa shape index (κ2) is 13.4. The predicted octanol–water partition coefficient (Wildman–Crippen LogP) is 7.22. The first-order chi connectivity index (χ1) is 21.1. The zero-order valence-electron chi connectivity index (χ0n) is 23.4. The number of ether oxygens (including phenoxy) is 2. The van der Waals surface area contributed by atoms with Gasteiger partial charge >= 0.3 is 0 Å². The molecule has 3 aromatic heterocycles. The van der Waals surface area contributed by atoms with Crippen LogP contribution in [0, 0.1) is 0 Å². The molecule has 43 heavy (non-hydrogen) atoms. The van der Waals surface area contributed by atoms with Crippen molar-refractivity contribution in [3.05, 3.63) is 113 Å². The molecule has 0 atom stereocenters. The van der Waals surface area contributed by atoms with Gasteiger partial charge in [-0.15, -0.1) is 10.2 Å². The number of pyridine rings is 2. The van der Waals surface area contributed by atoms with Crippen molar-refractivity contribution in [2.45, 2.75) is 16.3 Å². The summed E-state index contributed by atoms with van der Waals surface area (Å²) in [7, 11) is 1.63. The summed E-state index contributed by atoms with van der Waals surface area (Å²) < 4.78 is 12.4. The maximum Gasteiger partial charge on any atom is 0.251 e. The third-order valence-corrected chi connectivity index (χ3v) is 8.19. The Morgan fingerprint density at radius 2 is 1.65 bits per heavy atom. The summed E-state index contributed by atoms with van der Waals surface area (Å²) in [4.78, 5) is 19.3. The van der Waals surface area contributed by atoms with Crippen molar-refractivity contribution in [1.82, 2.24) is 19.7 Å². The number of hydrogen-bond acceptors (Lipinski definition) is 8. The molecular weight excluding hydrogens is 582 g/mol. The van der Waals surface area contributed by atoms with Gasteiger partial charge in [0.05, 0.1) is 30.9 Å². The van der Waals surface area contributed by atoms with Gasteiger partial charge in [0.25, 0.3) is 5.56 Å². The summed E-state index contributed by atoms with van der Waals surface area (Å²) in [6.07, 6.45) is 1.77. The molecule has 10 heteroatoms. The standard InChI is InChI=1S/C33H28ClN5O3S/c1-41-20-21-42-19-18-39-30(40)15-14-28-32(39)29(16-17-35-28)43-25-12-10-24(11-13-25)36-33-27-5-3-2-4-26(27)31(37-38-33)22-6-8-23(34)9-7-22/h2-17H,18-21H2,1H3,(H,36,38). The highest BCUT2D eigenvalue weighted by molar-refractivity contribution is 7.99. The van der Waals surface area contributed by atoms with E-state index in [-0.39, 0.29) is 5.56 Å². The van der Waals surface area contributed by atoms with Crippen LogP contribution >= 0.6 is 23.4 Å². The molecular formula is C33H28ClN5O3S. The van der Waals surface area contributed by atoms with E-state index in [9.17, 15) is 4.79 Å². The molecule has 1 N–H and O–H groups in total. The number of anilines is 2. The van der Waals surface area contributed by atoms with Crippen molar-refractivity contribution in [1.29, 1.82) is 0 Å². The fourth-order valence-corrected chi connectivity index (χ4v) is 5.88. The molecule has 216 valence electrons. The second-order valence-electron chi connectivity index (χ2n) is 9.67. The van der Waals surface area contributed by atoms with Gasteiger partial charge in [-0.25, -0.2) is 0 Å². The van der Waals surface area contributed by atoms with E-state index in [4.69, 9.17) is 21.1 Å². The third-order valence-electron chi connectivity index (χ3n) is 6.88. The van der Waals surface area contributed by atoms with Gasteiger partial charge in [-0.2, -0.15) is 0 Å². The molecule has 0 amide bonds. The smallest absolute Gasteiger partial charge is 0.251 e. The first kappa shape index (κ1) is 28.8. The van der Waals surface area contributed by atoms with Gasteiger partial charge in [0.1, 0.15) is 5.69 Å². The summed E-state index contributed by atoms with van der Waals surface area (Å²) in [5.74, 6) is 0.672. The molecule has 0 aliphatic rings. The molecule has 0 aliphatic carbocycles. The Morgan fingerprint density at radius 3 is 2.44 bits per heavy atom. The Hall–Kier alpha value is -4.28. The van der Waals surface area contributed by atoms with Crippen molar-refractivity contribution in [3.8, 4) is 11.3 Å². The molecule has 0 bridgehead atoms. The Balaban J connectivity index is 1.23. The normalized spacial score (nSPS) is 11.3. The van der Waals surface area contributed by atoms with Crippen LogP contribution in [0.4, 0.5) is 11.5 Å². The maximum absolute atomic E-state index is 12.8. The molecule has 0 spiro atoms. The summed E-state index contributed by atoms with van der Waals surface area (Å²) in [5, 5.41) is 15.1. The minimum Gasteiger partial charge on any atom is -0.382 e. The molecule has 0 saturated carbocycles. The van der Waals surface area contributed by atoms with Crippen LogP contribution in [-0.4, -0.2) is 46.7 Å². The monoisotopic (exact) mass is 609 g/mol. The number of benzene rings is 3. The summed E-state index contributed by atoms with van der Waals surface area (Å²) in [6, 6.07) is 29.0. The second-order valence-corrected chi connectivity index (χ2v) is 11.2. The average molecular weight is 610 g/mol. The van der Waals surface area contributed by atoms with Crippen molar-refractivity contribution in [2.24, 2.45) is 0 Å². The molecule has 0 aliphatic heterocycles. The van der Waals surface area contributed by atoms with E-state index in [0.29, 0.717) is 37.2 Å². The Labute approximate surface area is 257 Å². The van der Waals surface area contributed by atoms with Crippen molar-refractivity contribution < 1.29 is 9.47 Å². The lowest BCUT2D eigenvalue weighted by molar-refractivity contribution is 0.0666. The van der Waals surface area contributed by atoms with E-state index in [1.807, 2.05) is 78.9 Å². The highest BCUT2D eigenvalue weighted by atomic mass is 35.5. The van der Waals surface area contributed by atoms with Crippen molar-refractivity contribution >= 4 is 56.7 Å². The molecule has 6 rings (SSSR count). The Bertz CT molecular complexity index is 1930. The van der Waals surface area contributed by atoms with Crippen molar-refractivity contribution in [2.75, 3.05) is 32.2 Å². The Morgan fingerprint density at radius 1 is 0.860 bits per heavy atom. The lowest BCUT2D eigenvalue weighted by Crippen LogP contribution is -2.23. The summed E-state index contributed by atoms with van der Waals surface area (Å²) in [5.41, 5.74) is 4.09. The van der Waals surface area contributed by atoms with Crippen molar-refractivity contribution in [3.63, 3.8) is 0 Å². The number of aromatic nitrogens is 4. The molecule has 3 heterocycles. The van der Waals surface area contributed by atoms with Gasteiger partial charge in [-0.05, 0) is 48.5 Å². The minimum absolute atomic E-state index is 0.0901. The number of methoxy groups -OCH3 is 1. The van der Waals surface area contributed by atoms with E-state index in [1.165, 1.54) is 0 Å². The Kier molecular flexibility index (Phi) is 8.95. The van der Waals surface area contributed by atoms with Gasteiger partial charge in [-0.3, -0.25) is 9.78 Å². The molecule has 8 nitrogen and oxygen atoms in total. The lowest BCUT2D eigenvalue weighted by Gasteiger charge is -2.14. The zero-order valence-corrected chi connectivity index (χ0v) is 24.9. The quantitative estimate of drug-likeness (QED) is 0.154. The van der Waals surface area contributed by atoms with Crippen LogP contribution in [0.25, 0.3) is 33.1 Å². The van der Waals surface area contributed by atoms with Crippen LogP contribution in [-0.2, 0) is 16.0 Å². The number of nitrogens with zero attached hydrogens (tertiary/aromatic N) is 4. The van der Waals surface area contributed by atoms with E-state index < -0.39 is 0 Å². The van der Waals surface area contributed by atoms with Crippen LogP contribution in [0.1, 0.15) is 0 Å². The summed E-state index contributed by atoms with van der Waals surface area (Å²) in [6.45, 7) is 1.81. The highest BCUT2D eigenvalue weighted by Crippen LogP contribution is 2.35. The lowest BCUT2D eigenvalue weighted by atomic mass is 10.0. The van der Waals surface area contributed by atoms with Crippen LogP contribution < -0.4 is 10.9 Å². The van der Waals surface area contributed by atoms with E-state index in [1.54, 1.807) is 41.8 Å². The topological polar surface area (TPSA) is 91.2 Å². The molecule has 0 unspecified atom stereocenters. The van der Waals surface area contributed by atoms with Gasteiger partial charge in [0.15, 0.2) is 5.82 Å². The first-order valence-electron chi connectivity index (χ1n) is 13.7. The molecule has 3 aromatic carbocycles. The van der Waals surface area contributed by atoms with Crippen LogP contribution in [0.15, 0.2) is 112 Å². The van der Waals surface area contributed by atoms with E-state index in [2.05, 4.69) is 20.5 Å². The molecule has 0 saturated heterocycles. The van der Waals surface area contributed by atoms with Gasteiger partial charge in [0, 0.05) is 62.8 Å². The average Bonchev–Trinajstić information content (AvgIpc) is 3.03. The first-order valence-corrected chi connectivity index (χ1v) is 14.9. The number of halogens is 1. The summed E-state index contributed by atoms with van der Waals surface area (Å²) >= 11 is 7.67. The largest absolute Gasteiger partial charge is 0.382 e. The molecule has 0 radical (unpaired) electrons. The SMILES string of the molecule is COCCOCCn1c(=O)ccc2nccc(Sc3ccc(Nc4nnc(-c5ccc(Cl)cc5)c5ccccc45)cc3)c21. The van der Waals surface area contributed by atoms with Crippen LogP contribution in [0.3, 0.4) is 0 Å². The van der Waals surface area contributed by atoms with Gasteiger partial charge < -0.3 is 19.4 Å². The van der Waals surface area contributed by atoms with E-state index in [0.717, 1.165) is 48.5 Å². The molecule has 6 aromatic rings. The van der Waals surface area contributed by atoms with Crippen LogP contribution in [0.2, 0.25) is 5.02 Å². The molecule has 0 fully saturated rings. The van der Waals surface area contributed by atoms with Gasteiger partial charge in [-0.1, -0.05) is 59.8 Å². The number of rotatable bonds is 11. The highest BCUT2D eigenvalue weighted by Gasteiger charge is 2.13. The predicted molar refractivity (Wildman–Crippen MR) is 173 cm³/mol.